The number of rotatable bonds is 5. The summed E-state index contributed by atoms with van der Waals surface area (Å²) in [5.41, 5.74) is 0.504. The quantitative estimate of drug-likeness (QED) is 0.757. The van der Waals surface area contributed by atoms with Crippen molar-refractivity contribution in [1.29, 1.82) is 0 Å². The molecule has 1 aromatic rings. The van der Waals surface area contributed by atoms with Crippen LogP contribution in [0.3, 0.4) is 0 Å². The van der Waals surface area contributed by atoms with Gasteiger partial charge >= 0.3 is 0 Å². The first-order valence-corrected chi connectivity index (χ1v) is 7.82. The molecule has 102 valence electrons. The summed E-state index contributed by atoms with van der Waals surface area (Å²) in [6.45, 7) is 1.74. The maximum Gasteiger partial charge on any atom is 0.242 e. The van der Waals surface area contributed by atoms with Gasteiger partial charge in [-0.1, -0.05) is 12.8 Å². The predicted molar refractivity (Wildman–Crippen MR) is 68.5 cm³/mol. The maximum atomic E-state index is 12.1. The Kier molecular flexibility index (Phi) is 4.09. The van der Waals surface area contributed by atoms with E-state index in [4.69, 9.17) is 5.11 Å². The summed E-state index contributed by atoms with van der Waals surface area (Å²) in [4.78, 5) is 2.93. The van der Waals surface area contributed by atoms with E-state index in [2.05, 4.69) is 9.71 Å². The van der Waals surface area contributed by atoms with Crippen molar-refractivity contribution in [3.63, 3.8) is 0 Å². The molecule has 1 aliphatic rings. The van der Waals surface area contributed by atoms with E-state index >= 15 is 0 Å². The molecule has 5 nitrogen and oxygen atoms in total. The maximum absolute atomic E-state index is 12.1. The second-order valence-electron chi connectivity index (χ2n) is 4.97. The number of aliphatic hydroxyl groups is 1. The summed E-state index contributed by atoms with van der Waals surface area (Å²) >= 11 is 0. The zero-order valence-corrected chi connectivity index (χ0v) is 11.3. The third-order valence-electron chi connectivity index (χ3n) is 3.64. The van der Waals surface area contributed by atoms with Gasteiger partial charge in [-0.3, -0.25) is 0 Å². The second-order valence-corrected chi connectivity index (χ2v) is 6.69. The minimum absolute atomic E-state index is 0.0371. The van der Waals surface area contributed by atoms with Crippen molar-refractivity contribution >= 4 is 10.0 Å². The molecule has 1 fully saturated rings. The molecule has 0 aromatic carbocycles. The van der Waals surface area contributed by atoms with Crippen molar-refractivity contribution in [3.8, 4) is 0 Å². The van der Waals surface area contributed by atoms with E-state index < -0.39 is 10.0 Å². The van der Waals surface area contributed by atoms with E-state index in [9.17, 15) is 8.42 Å². The molecule has 1 heterocycles. The molecule has 1 aliphatic carbocycles. The van der Waals surface area contributed by atoms with Crippen LogP contribution >= 0.6 is 0 Å². The normalized spacial score (nSPS) is 19.2. The van der Waals surface area contributed by atoms with Crippen molar-refractivity contribution in [2.24, 2.45) is 5.92 Å². The minimum atomic E-state index is -3.48. The summed E-state index contributed by atoms with van der Waals surface area (Å²) < 4.78 is 27.0. The molecule has 1 atom stereocenters. The number of aromatic nitrogens is 1. The highest BCUT2D eigenvalue weighted by Gasteiger charge is 2.26. The van der Waals surface area contributed by atoms with Gasteiger partial charge in [-0.25, -0.2) is 13.1 Å². The van der Waals surface area contributed by atoms with Gasteiger partial charge in [0.1, 0.15) is 0 Å². The van der Waals surface area contributed by atoms with Crippen LogP contribution in [-0.4, -0.2) is 24.6 Å². The Morgan fingerprint density at radius 2 is 2.17 bits per heavy atom. The third kappa shape index (κ3) is 2.93. The molecule has 1 saturated carbocycles. The zero-order chi connectivity index (χ0) is 13.2. The third-order valence-corrected chi connectivity index (χ3v) is 5.18. The van der Waals surface area contributed by atoms with Gasteiger partial charge in [0, 0.05) is 17.9 Å². The Morgan fingerprint density at radius 1 is 1.50 bits per heavy atom. The number of aliphatic hydroxyl groups excluding tert-OH is 1. The fraction of sp³-hybridized carbons (Fsp3) is 0.667. The molecule has 0 saturated heterocycles. The van der Waals surface area contributed by atoms with Gasteiger partial charge in [-0.2, -0.15) is 0 Å². The van der Waals surface area contributed by atoms with Crippen molar-refractivity contribution in [1.82, 2.24) is 9.71 Å². The summed E-state index contributed by atoms with van der Waals surface area (Å²) in [6.07, 6.45) is 5.98. The molecular weight excluding hydrogens is 252 g/mol. The van der Waals surface area contributed by atoms with E-state index in [1.54, 1.807) is 0 Å². The Labute approximate surface area is 108 Å². The topological polar surface area (TPSA) is 82.2 Å². The number of aromatic amines is 1. The van der Waals surface area contributed by atoms with Gasteiger partial charge in [-0.05, 0) is 31.7 Å². The number of H-pyrrole nitrogens is 1. The van der Waals surface area contributed by atoms with Crippen LogP contribution in [0.25, 0.3) is 0 Å². The van der Waals surface area contributed by atoms with Gasteiger partial charge in [0.15, 0.2) is 0 Å². The van der Waals surface area contributed by atoms with Crippen LogP contribution in [0.4, 0.5) is 0 Å². The number of hydrogen-bond acceptors (Lipinski definition) is 3. The number of hydrogen-bond donors (Lipinski definition) is 3. The molecule has 1 aromatic heterocycles. The average molecular weight is 272 g/mol. The summed E-state index contributed by atoms with van der Waals surface area (Å²) in [5.74, 6) is 0.441. The predicted octanol–water partition coefficient (Wildman–Crippen LogP) is 1.36. The number of nitrogens with one attached hydrogen (secondary N) is 2. The molecule has 0 radical (unpaired) electrons. The monoisotopic (exact) mass is 272 g/mol. The molecule has 18 heavy (non-hydrogen) atoms. The standard InChI is InChI=1S/C12H20N2O3S/c1-9(10-4-2-3-5-10)14-18(16,17)12-6-11(8-15)13-7-12/h6-7,9-10,13-15H,2-5,8H2,1H3. The largest absolute Gasteiger partial charge is 0.390 e. The molecule has 0 bridgehead atoms. The highest BCUT2D eigenvalue weighted by Crippen LogP contribution is 2.28. The van der Waals surface area contributed by atoms with Crippen molar-refractivity contribution in [2.45, 2.75) is 50.2 Å². The molecule has 0 amide bonds. The fourth-order valence-electron chi connectivity index (χ4n) is 2.53. The SMILES string of the molecule is CC(NS(=O)(=O)c1c[nH]c(CO)c1)C1CCCC1. The van der Waals surface area contributed by atoms with Crippen LogP contribution in [0.1, 0.15) is 38.3 Å². The van der Waals surface area contributed by atoms with Crippen LogP contribution in [0.15, 0.2) is 17.2 Å². The molecule has 1 unspecified atom stereocenters. The molecule has 2 rings (SSSR count). The highest BCUT2D eigenvalue weighted by atomic mass is 32.2. The minimum Gasteiger partial charge on any atom is -0.390 e. The molecule has 0 spiro atoms. The van der Waals surface area contributed by atoms with Crippen LogP contribution in [0.5, 0.6) is 0 Å². The fourth-order valence-corrected chi connectivity index (χ4v) is 3.86. The van der Waals surface area contributed by atoms with Gasteiger partial charge in [0.05, 0.1) is 11.5 Å². The summed E-state index contributed by atoms with van der Waals surface area (Å²) in [6, 6.07) is 1.42. The van der Waals surface area contributed by atoms with Crippen LogP contribution < -0.4 is 4.72 Å². The van der Waals surface area contributed by atoms with Crippen LogP contribution in [-0.2, 0) is 16.6 Å². The van der Waals surface area contributed by atoms with Gasteiger partial charge in [0.25, 0.3) is 0 Å². The molecule has 6 heteroatoms. The Morgan fingerprint density at radius 3 is 2.72 bits per heavy atom. The highest BCUT2D eigenvalue weighted by molar-refractivity contribution is 7.89. The molecule has 0 aliphatic heterocycles. The Bertz CT molecular complexity index is 489. The van der Waals surface area contributed by atoms with Gasteiger partial charge < -0.3 is 10.1 Å². The van der Waals surface area contributed by atoms with E-state index in [1.807, 2.05) is 6.92 Å². The van der Waals surface area contributed by atoms with Crippen molar-refractivity contribution in [2.75, 3.05) is 0 Å². The first-order chi connectivity index (χ1) is 8.53. The average Bonchev–Trinajstić information content (AvgIpc) is 3.00. The lowest BCUT2D eigenvalue weighted by atomic mass is 10.0. The lowest BCUT2D eigenvalue weighted by Gasteiger charge is -2.19. The van der Waals surface area contributed by atoms with E-state index in [0.717, 1.165) is 12.8 Å². The van der Waals surface area contributed by atoms with Crippen LogP contribution in [0.2, 0.25) is 0 Å². The molecule has 3 N–H and O–H groups in total. The van der Waals surface area contributed by atoms with E-state index in [0.29, 0.717) is 11.6 Å². The first-order valence-electron chi connectivity index (χ1n) is 6.33. The van der Waals surface area contributed by atoms with E-state index in [1.165, 1.54) is 25.1 Å². The van der Waals surface area contributed by atoms with Gasteiger partial charge in [-0.15, -0.1) is 0 Å². The second kappa shape index (κ2) is 5.42. The van der Waals surface area contributed by atoms with Crippen molar-refractivity contribution in [3.05, 3.63) is 18.0 Å². The number of sulfonamides is 1. The first kappa shape index (κ1) is 13.6. The van der Waals surface area contributed by atoms with E-state index in [-0.39, 0.29) is 17.5 Å². The summed E-state index contributed by atoms with van der Waals surface area (Å²) in [5, 5.41) is 8.92. The zero-order valence-electron chi connectivity index (χ0n) is 10.5. The lowest BCUT2D eigenvalue weighted by Crippen LogP contribution is -2.37. The Hall–Kier alpha value is -0.850. The molecular formula is C12H20N2O3S. The van der Waals surface area contributed by atoms with Gasteiger partial charge in [0.2, 0.25) is 10.0 Å². The summed E-state index contributed by atoms with van der Waals surface area (Å²) in [7, 11) is -3.48. The smallest absolute Gasteiger partial charge is 0.242 e. The Balaban J connectivity index is 2.06. The van der Waals surface area contributed by atoms with Crippen LogP contribution in [0, 0.1) is 5.92 Å². The van der Waals surface area contributed by atoms with Crippen molar-refractivity contribution < 1.29 is 13.5 Å². The lowest BCUT2D eigenvalue weighted by molar-refractivity contribution is 0.277.